The molecule has 1 aromatic rings. The van der Waals surface area contributed by atoms with Crippen molar-refractivity contribution in [3.05, 3.63) is 29.8 Å². The van der Waals surface area contributed by atoms with Crippen molar-refractivity contribution in [3.63, 3.8) is 0 Å². The third kappa shape index (κ3) is 6.31. The van der Waals surface area contributed by atoms with E-state index >= 15 is 0 Å². The van der Waals surface area contributed by atoms with Gasteiger partial charge in [-0.05, 0) is 44.6 Å². The molecule has 1 aromatic carbocycles. The van der Waals surface area contributed by atoms with E-state index in [2.05, 4.69) is 46.8 Å². The van der Waals surface area contributed by atoms with Crippen molar-refractivity contribution in [2.24, 2.45) is 4.99 Å². The minimum Gasteiger partial charge on any atom is -0.497 e. The van der Waals surface area contributed by atoms with Crippen LogP contribution >= 0.6 is 24.0 Å². The molecule has 1 aliphatic rings. The van der Waals surface area contributed by atoms with E-state index in [-0.39, 0.29) is 29.5 Å². The minimum absolute atomic E-state index is 0. The zero-order valence-electron chi connectivity index (χ0n) is 15.7. The van der Waals surface area contributed by atoms with Crippen molar-refractivity contribution in [1.82, 2.24) is 15.5 Å². The Kier molecular flexibility index (Phi) is 9.52. The summed E-state index contributed by atoms with van der Waals surface area (Å²) in [6, 6.07) is 8.05. The van der Waals surface area contributed by atoms with Crippen LogP contribution in [-0.2, 0) is 11.3 Å². The van der Waals surface area contributed by atoms with E-state index in [1.54, 1.807) is 14.2 Å². The van der Waals surface area contributed by atoms with E-state index in [9.17, 15) is 0 Å². The van der Waals surface area contributed by atoms with Gasteiger partial charge in [0.2, 0.25) is 0 Å². The number of aliphatic imine (C=N–C) groups is 1. The molecule has 1 heterocycles. The van der Waals surface area contributed by atoms with E-state index < -0.39 is 0 Å². The molecule has 0 radical (unpaired) electrons. The maximum absolute atomic E-state index is 5.52. The van der Waals surface area contributed by atoms with Crippen molar-refractivity contribution in [1.29, 1.82) is 0 Å². The molecule has 0 bridgehead atoms. The number of halogens is 1. The molecule has 2 N–H and O–H groups in total. The van der Waals surface area contributed by atoms with Gasteiger partial charge in [0.1, 0.15) is 5.75 Å². The van der Waals surface area contributed by atoms with Crippen LogP contribution in [0.4, 0.5) is 0 Å². The molecule has 1 aliphatic heterocycles. The molecule has 2 rings (SSSR count). The number of hydrogen-bond donors (Lipinski definition) is 2. The number of rotatable bonds is 6. The first kappa shape index (κ1) is 22.0. The Morgan fingerprint density at radius 3 is 2.36 bits per heavy atom. The topological polar surface area (TPSA) is 58.1 Å². The highest BCUT2D eigenvalue weighted by Gasteiger charge is 2.34. The van der Waals surface area contributed by atoms with Crippen LogP contribution in [0, 0.1) is 0 Å². The van der Waals surface area contributed by atoms with Gasteiger partial charge in [-0.25, -0.2) is 0 Å². The molecule has 0 amide bonds. The number of benzene rings is 1. The summed E-state index contributed by atoms with van der Waals surface area (Å²) in [4.78, 5) is 6.64. The van der Waals surface area contributed by atoms with E-state index in [0.717, 1.165) is 50.9 Å². The van der Waals surface area contributed by atoms with Crippen molar-refractivity contribution >= 4 is 29.9 Å². The molecule has 0 spiro atoms. The largest absolute Gasteiger partial charge is 0.497 e. The molecule has 1 saturated heterocycles. The molecule has 0 saturated carbocycles. The summed E-state index contributed by atoms with van der Waals surface area (Å²) in [6.45, 7) is 3.21. The van der Waals surface area contributed by atoms with Gasteiger partial charge in [0, 0.05) is 38.9 Å². The number of nitrogens with zero attached hydrogens (tertiary/aromatic N) is 2. The van der Waals surface area contributed by atoms with E-state index in [1.807, 2.05) is 12.1 Å². The molecule has 0 aromatic heterocycles. The van der Waals surface area contributed by atoms with Crippen LogP contribution in [0.15, 0.2) is 29.3 Å². The summed E-state index contributed by atoms with van der Waals surface area (Å²) in [6.07, 6.45) is 2.06. The molecule has 1 fully saturated rings. The predicted molar refractivity (Wildman–Crippen MR) is 113 cm³/mol. The maximum atomic E-state index is 5.52. The van der Waals surface area contributed by atoms with Gasteiger partial charge in [-0.15, -0.1) is 24.0 Å². The summed E-state index contributed by atoms with van der Waals surface area (Å²) in [5, 5.41) is 6.84. The SMILES string of the molecule is CN=C(NCc1ccc(OC)cc1)NCC1(N(C)C)CCOCC1.I. The molecular weight excluding hydrogens is 431 g/mol. The van der Waals surface area contributed by atoms with Crippen LogP contribution in [0.1, 0.15) is 18.4 Å². The summed E-state index contributed by atoms with van der Waals surface area (Å²) in [5.41, 5.74) is 1.31. The molecule has 6 nitrogen and oxygen atoms in total. The number of ether oxygens (including phenoxy) is 2. The summed E-state index contributed by atoms with van der Waals surface area (Å²) < 4.78 is 10.7. The molecule has 0 atom stereocenters. The number of likely N-dealkylation sites (N-methyl/N-ethyl adjacent to an activating group) is 1. The Hall–Kier alpha value is -1.06. The first-order chi connectivity index (χ1) is 11.6. The monoisotopic (exact) mass is 462 g/mol. The zero-order chi connectivity index (χ0) is 17.4. The Bertz CT molecular complexity index is 528. The number of guanidine groups is 1. The standard InChI is InChI=1S/C18H30N4O2.HI/c1-19-17(20-13-15-5-7-16(23-4)8-6-15)21-14-18(22(2)3)9-11-24-12-10-18;/h5-8H,9-14H2,1-4H3,(H2,19,20,21);1H. The van der Waals surface area contributed by atoms with E-state index in [4.69, 9.17) is 9.47 Å². The first-order valence-electron chi connectivity index (χ1n) is 8.42. The average molecular weight is 462 g/mol. The second-order valence-electron chi connectivity index (χ2n) is 6.36. The Morgan fingerprint density at radius 2 is 1.84 bits per heavy atom. The second kappa shape index (κ2) is 10.8. The molecule has 142 valence electrons. The summed E-state index contributed by atoms with van der Waals surface area (Å²) in [5.74, 6) is 1.69. The maximum Gasteiger partial charge on any atom is 0.191 e. The third-order valence-electron chi connectivity index (χ3n) is 4.80. The van der Waals surface area contributed by atoms with Crippen molar-refractivity contribution in [2.45, 2.75) is 24.9 Å². The molecule has 7 heteroatoms. The normalized spacial score (nSPS) is 16.9. The first-order valence-corrected chi connectivity index (χ1v) is 8.42. The highest BCUT2D eigenvalue weighted by molar-refractivity contribution is 14.0. The fourth-order valence-electron chi connectivity index (χ4n) is 2.93. The Balaban J connectivity index is 0.00000312. The van der Waals surface area contributed by atoms with Crippen LogP contribution in [0.3, 0.4) is 0 Å². The lowest BCUT2D eigenvalue weighted by Gasteiger charge is -2.43. The fraction of sp³-hybridized carbons (Fsp3) is 0.611. The van der Waals surface area contributed by atoms with Crippen LogP contribution < -0.4 is 15.4 Å². The van der Waals surface area contributed by atoms with Gasteiger partial charge in [-0.2, -0.15) is 0 Å². The van der Waals surface area contributed by atoms with Crippen LogP contribution in [-0.4, -0.2) is 64.4 Å². The lowest BCUT2D eigenvalue weighted by molar-refractivity contribution is -0.00501. The van der Waals surface area contributed by atoms with Gasteiger partial charge in [0.05, 0.1) is 7.11 Å². The third-order valence-corrected chi connectivity index (χ3v) is 4.80. The van der Waals surface area contributed by atoms with Gasteiger partial charge in [-0.3, -0.25) is 4.99 Å². The van der Waals surface area contributed by atoms with E-state index in [1.165, 1.54) is 5.56 Å². The molecule has 0 aliphatic carbocycles. The zero-order valence-corrected chi connectivity index (χ0v) is 18.0. The number of hydrogen-bond acceptors (Lipinski definition) is 4. The smallest absolute Gasteiger partial charge is 0.191 e. The fourth-order valence-corrected chi connectivity index (χ4v) is 2.93. The molecular formula is C18H31IN4O2. The lowest BCUT2D eigenvalue weighted by atomic mass is 9.88. The Morgan fingerprint density at radius 1 is 1.20 bits per heavy atom. The van der Waals surface area contributed by atoms with Crippen molar-refractivity contribution in [3.8, 4) is 5.75 Å². The lowest BCUT2D eigenvalue weighted by Crippen LogP contribution is -2.57. The molecule has 0 unspecified atom stereocenters. The number of nitrogens with one attached hydrogen (secondary N) is 2. The highest BCUT2D eigenvalue weighted by Crippen LogP contribution is 2.25. The minimum atomic E-state index is 0. The van der Waals surface area contributed by atoms with Crippen molar-refractivity contribution < 1.29 is 9.47 Å². The quantitative estimate of drug-likeness (QED) is 0.385. The van der Waals surface area contributed by atoms with Gasteiger partial charge >= 0.3 is 0 Å². The second-order valence-corrected chi connectivity index (χ2v) is 6.36. The number of methoxy groups -OCH3 is 1. The summed E-state index contributed by atoms with van der Waals surface area (Å²) in [7, 11) is 7.76. The average Bonchev–Trinajstić information content (AvgIpc) is 2.63. The van der Waals surface area contributed by atoms with Gasteiger partial charge in [0.25, 0.3) is 0 Å². The Labute approximate surface area is 168 Å². The highest BCUT2D eigenvalue weighted by atomic mass is 127. The summed E-state index contributed by atoms with van der Waals surface area (Å²) >= 11 is 0. The van der Waals surface area contributed by atoms with Crippen LogP contribution in [0.25, 0.3) is 0 Å². The predicted octanol–water partition coefficient (Wildman–Crippen LogP) is 2.09. The van der Waals surface area contributed by atoms with Gasteiger partial charge in [-0.1, -0.05) is 12.1 Å². The van der Waals surface area contributed by atoms with Gasteiger partial charge in [0.15, 0.2) is 5.96 Å². The van der Waals surface area contributed by atoms with Crippen LogP contribution in [0.2, 0.25) is 0 Å². The van der Waals surface area contributed by atoms with Crippen molar-refractivity contribution in [2.75, 3.05) is 48.0 Å². The molecule has 25 heavy (non-hydrogen) atoms. The van der Waals surface area contributed by atoms with Gasteiger partial charge < -0.3 is 25.0 Å². The van der Waals surface area contributed by atoms with Crippen LogP contribution in [0.5, 0.6) is 5.75 Å². The van der Waals surface area contributed by atoms with E-state index in [0.29, 0.717) is 0 Å².